The van der Waals surface area contributed by atoms with Gasteiger partial charge in [0.2, 0.25) is 0 Å². The van der Waals surface area contributed by atoms with Gasteiger partial charge in [-0.3, -0.25) is 0 Å². The second kappa shape index (κ2) is 15.4. The molecule has 0 aliphatic carbocycles. The molecule has 1 aromatic rings. The number of halogens is 1. The van der Waals surface area contributed by atoms with Gasteiger partial charge in [0.25, 0.3) is 0 Å². The van der Waals surface area contributed by atoms with Crippen molar-refractivity contribution in [2.75, 3.05) is 13.2 Å². The van der Waals surface area contributed by atoms with Crippen molar-refractivity contribution in [2.45, 2.75) is 70.8 Å². The summed E-state index contributed by atoms with van der Waals surface area (Å²) in [6.07, 6.45) is 12.9. The molecule has 1 aromatic carbocycles. The fourth-order valence-corrected chi connectivity index (χ4v) is 3.14. The molecular formula is C19H32INO2. The zero-order valence-electron chi connectivity index (χ0n) is 14.3. The van der Waals surface area contributed by atoms with Gasteiger partial charge >= 0.3 is 0 Å². The number of hydrogen-bond donors (Lipinski definition) is 1. The first kappa shape index (κ1) is 20.9. The average molecular weight is 433 g/mol. The molecule has 0 amide bonds. The number of unbranched alkanes of at least 4 members (excludes halogenated alkanes) is 9. The van der Waals surface area contributed by atoms with E-state index in [0.29, 0.717) is 6.61 Å². The third-order valence-corrected chi connectivity index (χ3v) is 5.07. The number of ether oxygens (including phenoxy) is 1. The van der Waals surface area contributed by atoms with E-state index in [1.54, 1.807) is 0 Å². The van der Waals surface area contributed by atoms with Gasteiger partial charge in [0.1, 0.15) is 0 Å². The highest BCUT2D eigenvalue weighted by atomic mass is 127. The molecule has 0 aliphatic heterocycles. The van der Waals surface area contributed by atoms with Crippen molar-refractivity contribution in [1.29, 1.82) is 0 Å². The quantitative estimate of drug-likeness (QED) is 0.223. The van der Waals surface area contributed by atoms with Crippen LogP contribution in [0.15, 0.2) is 24.3 Å². The molecule has 0 unspecified atom stereocenters. The van der Waals surface area contributed by atoms with Crippen molar-refractivity contribution < 1.29 is 9.57 Å². The minimum absolute atomic E-state index is 0.700. The zero-order chi connectivity index (χ0) is 16.6. The van der Waals surface area contributed by atoms with Crippen molar-refractivity contribution in [1.82, 2.24) is 0 Å². The summed E-state index contributed by atoms with van der Waals surface area (Å²) in [4.78, 5) is 4.56. The van der Waals surface area contributed by atoms with Crippen molar-refractivity contribution in [3.63, 3.8) is 0 Å². The largest absolute Gasteiger partial charge is 0.377 e. The van der Waals surface area contributed by atoms with Crippen molar-refractivity contribution in [3.05, 3.63) is 33.4 Å². The van der Waals surface area contributed by atoms with Gasteiger partial charge in [-0.25, -0.2) is 5.90 Å². The van der Waals surface area contributed by atoms with Gasteiger partial charge < -0.3 is 9.57 Å². The lowest BCUT2D eigenvalue weighted by Crippen LogP contribution is -2.00. The zero-order valence-corrected chi connectivity index (χ0v) is 16.4. The fourth-order valence-electron chi connectivity index (χ4n) is 2.60. The Labute approximate surface area is 155 Å². The average Bonchev–Trinajstić information content (AvgIpc) is 2.57. The molecule has 0 saturated carbocycles. The van der Waals surface area contributed by atoms with Gasteiger partial charge in [0, 0.05) is 10.2 Å². The molecule has 0 spiro atoms. The summed E-state index contributed by atoms with van der Waals surface area (Å²) in [5, 5.41) is 0. The van der Waals surface area contributed by atoms with Gasteiger partial charge in [0.15, 0.2) is 0 Å². The first-order valence-corrected chi connectivity index (χ1v) is 10.1. The van der Waals surface area contributed by atoms with Gasteiger partial charge in [-0.2, -0.15) is 0 Å². The molecule has 0 aliphatic rings. The van der Waals surface area contributed by atoms with E-state index in [1.165, 1.54) is 66.9 Å². The summed E-state index contributed by atoms with van der Waals surface area (Å²) in [5.74, 6) is 4.99. The number of nitrogens with two attached hydrogens (primary N) is 1. The Morgan fingerprint density at radius 2 is 1.26 bits per heavy atom. The summed E-state index contributed by atoms with van der Waals surface area (Å²) >= 11 is 2.37. The van der Waals surface area contributed by atoms with Gasteiger partial charge in [-0.05, 0) is 47.1 Å². The highest BCUT2D eigenvalue weighted by Gasteiger charge is 1.98. The summed E-state index contributed by atoms with van der Waals surface area (Å²) in [6, 6.07) is 8.42. The maximum Gasteiger partial charge on any atom is 0.0727 e. The molecule has 0 radical (unpaired) electrons. The summed E-state index contributed by atoms with van der Waals surface area (Å²) < 4.78 is 7.06. The minimum atomic E-state index is 0.700. The molecule has 0 aromatic heterocycles. The van der Waals surface area contributed by atoms with Gasteiger partial charge in [0.05, 0.1) is 13.2 Å². The summed E-state index contributed by atoms with van der Waals surface area (Å²) in [5.41, 5.74) is 1.30. The van der Waals surface area contributed by atoms with Crippen LogP contribution in [-0.2, 0) is 16.2 Å². The van der Waals surface area contributed by atoms with Crippen molar-refractivity contribution in [3.8, 4) is 0 Å². The standard InChI is InChI=1S/C19H32INO2/c20-19-14-10-9-13-18(19)17-22-15-11-7-5-3-1-2-4-6-8-12-16-23-21/h9-10,13-14H,1-8,11-12,15-17,21H2. The van der Waals surface area contributed by atoms with Crippen LogP contribution in [0.25, 0.3) is 0 Å². The van der Waals surface area contributed by atoms with Crippen LogP contribution in [0.5, 0.6) is 0 Å². The first-order valence-electron chi connectivity index (χ1n) is 8.97. The molecule has 3 nitrogen and oxygen atoms in total. The molecule has 4 heteroatoms. The van der Waals surface area contributed by atoms with E-state index in [2.05, 4.69) is 51.7 Å². The van der Waals surface area contributed by atoms with Crippen LogP contribution in [-0.4, -0.2) is 13.2 Å². The number of rotatable bonds is 15. The molecule has 23 heavy (non-hydrogen) atoms. The predicted octanol–water partition coefficient (Wildman–Crippen LogP) is 5.60. The van der Waals surface area contributed by atoms with Crippen LogP contribution >= 0.6 is 22.6 Å². The third kappa shape index (κ3) is 11.9. The molecule has 2 N–H and O–H groups in total. The van der Waals surface area contributed by atoms with E-state index >= 15 is 0 Å². The van der Waals surface area contributed by atoms with E-state index in [-0.39, 0.29) is 0 Å². The van der Waals surface area contributed by atoms with E-state index in [0.717, 1.165) is 19.6 Å². The highest BCUT2D eigenvalue weighted by Crippen LogP contribution is 2.13. The van der Waals surface area contributed by atoms with Crippen LogP contribution in [0, 0.1) is 3.57 Å². The lowest BCUT2D eigenvalue weighted by atomic mass is 10.1. The Balaban J connectivity index is 1.79. The smallest absolute Gasteiger partial charge is 0.0727 e. The Morgan fingerprint density at radius 3 is 1.83 bits per heavy atom. The van der Waals surface area contributed by atoms with E-state index in [1.807, 2.05) is 0 Å². The van der Waals surface area contributed by atoms with E-state index in [4.69, 9.17) is 10.6 Å². The fraction of sp³-hybridized carbons (Fsp3) is 0.684. The molecule has 0 heterocycles. The molecular weight excluding hydrogens is 401 g/mol. The second-order valence-electron chi connectivity index (χ2n) is 6.05. The van der Waals surface area contributed by atoms with Gasteiger partial charge in [-0.1, -0.05) is 69.6 Å². The van der Waals surface area contributed by atoms with E-state index in [9.17, 15) is 0 Å². The van der Waals surface area contributed by atoms with Crippen LogP contribution in [0.2, 0.25) is 0 Å². The number of benzene rings is 1. The summed E-state index contributed by atoms with van der Waals surface area (Å²) in [6.45, 7) is 2.33. The molecule has 0 atom stereocenters. The molecule has 132 valence electrons. The van der Waals surface area contributed by atoms with E-state index < -0.39 is 0 Å². The maximum absolute atomic E-state index is 5.77. The number of hydrogen-bond acceptors (Lipinski definition) is 3. The normalized spacial score (nSPS) is 11.0. The molecule has 1 rings (SSSR count). The highest BCUT2D eigenvalue weighted by molar-refractivity contribution is 14.1. The van der Waals surface area contributed by atoms with Crippen LogP contribution < -0.4 is 5.90 Å². The van der Waals surface area contributed by atoms with Gasteiger partial charge in [-0.15, -0.1) is 0 Å². The Kier molecular flexibility index (Phi) is 13.9. The first-order chi connectivity index (χ1) is 11.3. The van der Waals surface area contributed by atoms with Crippen LogP contribution in [0.1, 0.15) is 69.8 Å². The Morgan fingerprint density at radius 1 is 0.739 bits per heavy atom. The maximum atomic E-state index is 5.77. The molecule has 0 fully saturated rings. The van der Waals surface area contributed by atoms with Crippen molar-refractivity contribution in [2.24, 2.45) is 5.90 Å². The topological polar surface area (TPSA) is 44.5 Å². The monoisotopic (exact) mass is 433 g/mol. The Hall–Kier alpha value is -0.170. The lowest BCUT2D eigenvalue weighted by molar-refractivity contribution is 0.116. The predicted molar refractivity (Wildman–Crippen MR) is 105 cm³/mol. The third-order valence-electron chi connectivity index (χ3n) is 4.02. The second-order valence-corrected chi connectivity index (χ2v) is 7.21. The Bertz CT molecular complexity index is 387. The lowest BCUT2D eigenvalue weighted by Gasteiger charge is -2.06. The minimum Gasteiger partial charge on any atom is -0.377 e. The van der Waals surface area contributed by atoms with Crippen LogP contribution in [0.4, 0.5) is 0 Å². The van der Waals surface area contributed by atoms with Crippen molar-refractivity contribution >= 4 is 22.6 Å². The van der Waals surface area contributed by atoms with Crippen LogP contribution in [0.3, 0.4) is 0 Å². The molecule has 0 saturated heterocycles. The summed E-state index contributed by atoms with van der Waals surface area (Å²) in [7, 11) is 0. The SMILES string of the molecule is NOCCCCCCCCCCCCOCc1ccccc1I. The molecule has 0 bridgehead atoms.